The molecule has 3 rings (SSSR count). The van der Waals surface area contributed by atoms with Crippen molar-refractivity contribution >= 4 is 28.3 Å². The summed E-state index contributed by atoms with van der Waals surface area (Å²) in [5, 5.41) is 7.21. The van der Waals surface area contributed by atoms with E-state index in [-0.39, 0.29) is 18.0 Å². The smallest absolute Gasteiger partial charge is 0.253 e. The van der Waals surface area contributed by atoms with Crippen LogP contribution in [0.1, 0.15) is 65.7 Å². The summed E-state index contributed by atoms with van der Waals surface area (Å²) >= 11 is 1.19. The molecule has 9 heteroatoms. The third kappa shape index (κ3) is 11.1. The highest BCUT2D eigenvalue weighted by atomic mass is 32.1. The van der Waals surface area contributed by atoms with Crippen molar-refractivity contribution in [2.24, 2.45) is 0 Å². The van der Waals surface area contributed by atoms with Crippen LogP contribution < -0.4 is 10.6 Å². The van der Waals surface area contributed by atoms with Gasteiger partial charge in [-0.15, -0.1) is 17.9 Å². The van der Waals surface area contributed by atoms with Crippen LogP contribution in [-0.2, 0) is 10.3 Å². The number of rotatable bonds is 5. The Labute approximate surface area is 212 Å². The first-order valence-corrected chi connectivity index (χ1v) is 12.4. The van der Waals surface area contributed by atoms with Gasteiger partial charge in [0, 0.05) is 23.3 Å². The maximum atomic E-state index is 13.2. The minimum Gasteiger partial charge on any atom is -0.348 e. The van der Waals surface area contributed by atoms with Gasteiger partial charge in [-0.3, -0.25) is 9.59 Å². The van der Waals surface area contributed by atoms with Crippen molar-refractivity contribution in [1.82, 2.24) is 19.9 Å². The van der Waals surface area contributed by atoms with Crippen molar-refractivity contribution in [3.8, 4) is 11.4 Å². The topological polar surface area (TPSA) is 88.9 Å². The van der Waals surface area contributed by atoms with Crippen molar-refractivity contribution < 1.29 is 14.0 Å². The van der Waals surface area contributed by atoms with E-state index < -0.39 is 11.9 Å². The van der Waals surface area contributed by atoms with E-state index in [1.165, 1.54) is 23.5 Å². The van der Waals surface area contributed by atoms with E-state index >= 15 is 0 Å². The van der Waals surface area contributed by atoms with Crippen LogP contribution in [-0.4, -0.2) is 32.9 Å². The van der Waals surface area contributed by atoms with Gasteiger partial charge in [0.1, 0.15) is 5.69 Å². The molecule has 0 aliphatic heterocycles. The lowest BCUT2D eigenvalue weighted by molar-refractivity contribution is -0.115. The second kappa shape index (κ2) is 16.3. The highest BCUT2D eigenvalue weighted by molar-refractivity contribution is 7.14. The molecular weight excluding hydrogens is 465 g/mol. The Hall–Kier alpha value is -3.33. The minimum atomic E-state index is -0.598. The van der Waals surface area contributed by atoms with Crippen LogP contribution in [0.5, 0.6) is 0 Å². The molecule has 3 aromatic rings. The summed E-state index contributed by atoms with van der Waals surface area (Å²) in [7, 11) is 0. The van der Waals surface area contributed by atoms with Crippen LogP contribution in [0, 0.1) is 5.95 Å². The monoisotopic (exact) mass is 503 g/mol. The number of thiazole rings is 1. The molecular formula is C26H38FN5O2S. The quantitative estimate of drug-likeness (QED) is 0.307. The first-order chi connectivity index (χ1) is 16.6. The lowest BCUT2D eigenvalue weighted by atomic mass is 10.1. The lowest BCUT2D eigenvalue weighted by Crippen LogP contribution is -2.32. The highest BCUT2D eigenvalue weighted by Gasteiger charge is 2.16. The van der Waals surface area contributed by atoms with Crippen molar-refractivity contribution in [2.75, 3.05) is 11.9 Å². The summed E-state index contributed by atoms with van der Waals surface area (Å²) in [6, 6.07) is 6.12. The molecule has 2 amide bonds. The Kier molecular flexibility index (Phi) is 14.8. The van der Waals surface area contributed by atoms with Gasteiger partial charge in [-0.2, -0.15) is 4.39 Å². The first kappa shape index (κ1) is 31.7. The number of nitrogens with one attached hydrogen (secondary N) is 2. The van der Waals surface area contributed by atoms with Gasteiger partial charge in [-0.25, -0.2) is 9.97 Å². The molecule has 192 valence electrons. The number of amides is 2. The highest BCUT2D eigenvalue weighted by Crippen LogP contribution is 2.23. The van der Waals surface area contributed by atoms with Crippen LogP contribution in [0.4, 0.5) is 9.52 Å². The molecule has 0 saturated heterocycles. The molecule has 0 aliphatic carbocycles. The maximum Gasteiger partial charge on any atom is 0.253 e. The standard InChI is InChI=1S/C19H20FN5O2S.C3H6.2C2H6/c1-19(2,3)25-8-7-12(10-25)17(27)21-9-16(26)24-18-23-14(11-28-18)13-5-4-6-15(20)22-13;1-3-2;2*1-2/h4-8,10-11H,9H2,1-3H3,(H,21,27)(H,23,24,26);3H,1H2,2H3;2*1-2H3. The first-order valence-electron chi connectivity index (χ1n) is 11.6. The molecule has 7 nitrogen and oxygen atoms in total. The lowest BCUT2D eigenvalue weighted by Gasteiger charge is -2.20. The second-order valence-electron chi connectivity index (χ2n) is 7.50. The van der Waals surface area contributed by atoms with Crippen LogP contribution >= 0.6 is 11.3 Å². The van der Waals surface area contributed by atoms with E-state index in [0.29, 0.717) is 22.1 Å². The number of nitrogens with zero attached hydrogens (tertiary/aromatic N) is 3. The van der Waals surface area contributed by atoms with Gasteiger partial charge in [-0.1, -0.05) is 39.8 Å². The number of allylic oxidation sites excluding steroid dienone is 1. The van der Waals surface area contributed by atoms with Crippen molar-refractivity contribution in [2.45, 2.75) is 60.9 Å². The summed E-state index contributed by atoms with van der Waals surface area (Å²) < 4.78 is 15.1. The number of aromatic nitrogens is 3. The molecule has 0 bridgehead atoms. The average Bonchev–Trinajstić information content (AvgIpc) is 3.51. The van der Waals surface area contributed by atoms with Gasteiger partial charge < -0.3 is 15.2 Å². The summed E-state index contributed by atoms with van der Waals surface area (Å²) in [5.41, 5.74) is 1.20. The predicted octanol–water partition coefficient (Wildman–Crippen LogP) is 6.51. The van der Waals surface area contributed by atoms with E-state index in [9.17, 15) is 14.0 Å². The van der Waals surface area contributed by atoms with Gasteiger partial charge in [0.2, 0.25) is 11.9 Å². The zero-order valence-corrected chi connectivity index (χ0v) is 22.8. The van der Waals surface area contributed by atoms with E-state index in [0.717, 1.165) is 0 Å². The van der Waals surface area contributed by atoms with Crippen LogP contribution in [0.25, 0.3) is 11.4 Å². The number of carbonyl (C=O) groups is 2. The Bertz CT molecular complexity index is 1050. The zero-order valence-electron chi connectivity index (χ0n) is 22.0. The van der Waals surface area contributed by atoms with Crippen LogP contribution in [0.2, 0.25) is 0 Å². The Morgan fingerprint density at radius 1 is 1.11 bits per heavy atom. The van der Waals surface area contributed by atoms with Crippen LogP contribution in [0.3, 0.4) is 0 Å². The maximum absolute atomic E-state index is 13.2. The van der Waals surface area contributed by atoms with Gasteiger partial charge in [0.05, 0.1) is 17.8 Å². The second-order valence-corrected chi connectivity index (χ2v) is 8.36. The molecule has 0 unspecified atom stereocenters. The molecule has 0 fully saturated rings. The Balaban J connectivity index is 0.00000150. The van der Waals surface area contributed by atoms with E-state index in [1.807, 2.05) is 66.2 Å². The number of pyridine rings is 1. The molecule has 0 spiro atoms. The molecule has 0 radical (unpaired) electrons. The average molecular weight is 504 g/mol. The molecule has 2 N–H and O–H groups in total. The van der Waals surface area contributed by atoms with Crippen LogP contribution in [0.15, 0.2) is 54.7 Å². The van der Waals surface area contributed by atoms with E-state index in [2.05, 4.69) is 27.2 Å². The van der Waals surface area contributed by atoms with Crippen molar-refractivity contribution in [3.63, 3.8) is 0 Å². The molecule has 3 heterocycles. The van der Waals surface area contributed by atoms with Gasteiger partial charge in [0.15, 0.2) is 5.13 Å². The van der Waals surface area contributed by atoms with Gasteiger partial charge in [0.25, 0.3) is 5.91 Å². The Morgan fingerprint density at radius 3 is 2.29 bits per heavy atom. The number of halogens is 1. The molecule has 0 aromatic carbocycles. The molecule has 0 atom stereocenters. The zero-order chi connectivity index (χ0) is 27.0. The molecule has 3 aromatic heterocycles. The third-order valence-corrected chi connectivity index (χ3v) is 4.62. The Morgan fingerprint density at radius 2 is 1.74 bits per heavy atom. The number of carbonyl (C=O) groups excluding carboxylic acids is 2. The number of hydrogen-bond acceptors (Lipinski definition) is 5. The minimum absolute atomic E-state index is 0.130. The summed E-state index contributed by atoms with van der Waals surface area (Å²) in [6.07, 6.45) is 5.32. The summed E-state index contributed by atoms with van der Waals surface area (Å²) in [4.78, 5) is 32.2. The van der Waals surface area contributed by atoms with Crippen molar-refractivity contribution in [1.29, 1.82) is 0 Å². The third-order valence-electron chi connectivity index (χ3n) is 3.87. The fourth-order valence-electron chi connectivity index (χ4n) is 2.37. The normalized spacial score (nSPS) is 9.74. The summed E-state index contributed by atoms with van der Waals surface area (Å²) in [6.45, 7) is 19.2. The predicted molar refractivity (Wildman–Crippen MR) is 144 cm³/mol. The van der Waals surface area contributed by atoms with Gasteiger partial charge in [-0.05, 0) is 45.9 Å². The number of hydrogen-bond donors (Lipinski definition) is 2. The van der Waals surface area contributed by atoms with Gasteiger partial charge >= 0.3 is 0 Å². The molecule has 0 aliphatic rings. The largest absolute Gasteiger partial charge is 0.348 e. The van der Waals surface area contributed by atoms with Crippen molar-refractivity contribution in [3.05, 3.63) is 66.2 Å². The van der Waals surface area contributed by atoms with E-state index in [4.69, 9.17) is 0 Å². The number of anilines is 1. The molecule has 35 heavy (non-hydrogen) atoms. The van der Waals surface area contributed by atoms with E-state index in [1.54, 1.807) is 29.8 Å². The fourth-order valence-corrected chi connectivity index (χ4v) is 3.09. The fraction of sp³-hybridized carbons (Fsp3) is 0.385. The summed E-state index contributed by atoms with van der Waals surface area (Å²) in [5.74, 6) is -1.34. The molecule has 0 saturated carbocycles. The SMILES string of the molecule is C=CC.CC.CC.CC(C)(C)n1ccc(C(=O)NCC(=O)Nc2nc(-c3cccc(F)n3)cs2)c1.